The summed E-state index contributed by atoms with van der Waals surface area (Å²) in [6.07, 6.45) is -0.564. The number of nitrogens with one attached hydrogen (secondary N) is 1. The summed E-state index contributed by atoms with van der Waals surface area (Å²) in [5.41, 5.74) is 5.83. The van der Waals surface area contributed by atoms with Crippen LogP contribution < -0.4 is 11.1 Å². The Morgan fingerprint density at radius 1 is 1.35 bits per heavy atom. The van der Waals surface area contributed by atoms with Crippen molar-refractivity contribution >= 4 is 23.6 Å². The second kappa shape index (κ2) is 6.72. The molecule has 0 aromatic heterocycles. The molecule has 110 valence electrons. The summed E-state index contributed by atoms with van der Waals surface area (Å²) in [4.78, 5) is 23.2. The minimum atomic E-state index is -0.873. The number of ether oxygens (including phenoxy) is 1. The van der Waals surface area contributed by atoms with E-state index in [4.69, 9.17) is 22.1 Å². The Kier molecular flexibility index (Phi) is 5.53. The highest BCUT2D eigenvalue weighted by Crippen LogP contribution is 2.16. The number of benzene rings is 1. The zero-order valence-corrected chi connectivity index (χ0v) is 12.5. The number of amides is 2. The van der Waals surface area contributed by atoms with Crippen LogP contribution in [-0.2, 0) is 16.0 Å². The number of carbonyl (C=O) groups excluding carboxylic acids is 2. The van der Waals surface area contributed by atoms with E-state index in [0.717, 1.165) is 5.56 Å². The molecule has 1 aromatic carbocycles. The maximum atomic E-state index is 11.8. The summed E-state index contributed by atoms with van der Waals surface area (Å²) in [5, 5.41) is 2.64. The van der Waals surface area contributed by atoms with E-state index in [-0.39, 0.29) is 6.42 Å². The minimum Gasteiger partial charge on any atom is -0.444 e. The average molecular weight is 299 g/mol. The van der Waals surface area contributed by atoms with Gasteiger partial charge in [0.2, 0.25) is 5.91 Å². The summed E-state index contributed by atoms with van der Waals surface area (Å²) in [7, 11) is 0. The summed E-state index contributed by atoms with van der Waals surface area (Å²) in [5.74, 6) is -0.598. The van der Waals surface area contributed by atoms with Gasteiger partial charge in [0.05, 0.1) is 6.04 Å². The molecule has 0 aliphatic carbocycles. The Morgan fingerprint density at radius 2 is 1.95 bits per heavy atom. The van der Waals surface area contributed by atoms with Gasteiger partial charge in [-0.25, -0.2) is 4.79 Å². The molecule has 1 atom stereocenters. The van der Waals surface area contributed by atoms with Crippen LogP contribution in [-0.4, -0.2) is 23.6 Å². The van der Waals surface area contributed by atoms with Gasteiger partial charge >= 0.3 is 6.09 Å². The van der Waals surface area contributed by atoms with Gasteiger partial charge in [0.1, 0.15) is 5.60 Å². The van der Waals surface area contributed by atoms with Crippen molar-refractivity contribution in [1.82, 2.24) is 5.32 Å². The van der Waals surface area contributed by atoms with Crippen molar-refractivity contribution in [3.63, 3.8) is 0 Å². The van der Waals surface area contributed by atoms with Gasteiger partial charge in [0.15, 0.2) is 0 Å². The van der Waals surface area contributed by atoms with Crippen LogP contribution in [0.15, 0.2) is 24.3 Å². The molecule has 20 heavy (non-hydrogen) atoms. The smallest absolute Gasteiger partial charge is 0.414 e. The van der Waals surface area contributed by atoms with Crippen LogP contribution in [0.1, 0.15) is 26.3 Å². The van der Waals surface area contributed by atoms with Gasteiger partial charge in [0, 0.05) is 5.02 Å². The lowest BCUT2D eigenvalue weighted by Gasteiger charge is -2.20. The molecule has 0 spiro atoms. The molecule has 1 rings (SSSR count). The third kappa shape index (κ3) is 5.59. The monoisotopic (exact) mass is 298 g/mol. The van der Waals surface area contributed by atoms with Gasteiger partial charge in [-0.3, -0.25) is 10.1 Å². The molecule has 0 fully saturated rings. The highest BCUT2D eigenvalue weighted by atomic mass is 35.5. The summed E-state index contributed by atoms with van der Waals surface area (Å²) >= 11 is 5.99. The predicted octanol–water partition coefficient (Wildman–Crippen LogP) is 2.26. The van der Waals surface area contributed by atoms with Crippen molar-refractivity contribution in [2.75, 3.05) is 0 Å². The van der Waals surface area contributed by atoms with Gasteiger partial charge in [-0.15, -0.1) is 0 Å². The van der Waals surface area contributed by atoms with E-state index in [1.165, 1.54) is 0 Å². The first-order valence-corrected chi connectivity index (χ1v) is 6.59. The van der Waals surface area contributed by atoms with Crippen molar-refractivity contribution in [3.8, 4) is 0 Å². The first-order valence-electron chi connectivity index (χ1n) is 6.22. The average Bonchev–Trinajstić information content (AvgIpc) is 2.29. The first-order chi connectivity index (χ1) is 9.19. The van der Waals surface area contributed by atoms with Crippen LogP contribution in [0.2, 0.25) is 5.02 Å². The van der Waals surface area contributed by atoms with Gasteiger partial charge in [0.25, 0.3) is 0 Å². The summed E-state index contributed by atoms with van der Waals surface area (Å²) < 4.78 is 4.98. The maximum absolute atomic E-state index is 11.8. The number of halogens is 1. The van der Waals surface area contributed by atoms with E-state index in [2.05, 4.69) is 5.32 Å². The zero-order valence-electron chi connectivity index (χ0n) is 11.8. The van der Waals surface area contributed by atoms with E-state index >= 15 is 0 Å². The highest BCUT2D eigenvalue weighted by molar-refractivity contribution is 6.31. The first kappa shape index (κ1) is 16.5. The van der Waals surface area contributed by atoms with Crippen molar-refractivity contribution in [1.29, 1.82) is 0 Å². The number of nitrogens with two attached hydrogens (primary N) is 1. The second-order valence-corrected chi connectivity index (χ2v) is 5.80. The van der Waals surface area contributed by atoms with E-state index in [1.54, 1.807) is 45.0 Å². The molecule has 2 amide bonds. The molecular formula is C14H19ClN2O3. The van der Waals surface area contributed by atoms with Crippen LogP contribution in [0, 0.1) is 0 Å². The fraction of sp³-hybridized carbons (Fsp3) is 0.429. The number of rotatable bonds is 3. The van der Waals surface area contributed by atoms with Crippen molar-refractivity contribution in [3.05, 3.63) is 34.9 Å². The lowest BCUT2D eigenvalue weighted by molar-refractivity contribution is -0.121. The maximum Gasteiger partial charge on any atom is 0.414 e. The Balaban J connectivity index is 2.56. The number of imide groups is 1. The third-order valence-electron chi connectivity index (χ3n) is 2.36. The molecular weight excluding hydrogens is 280 g/mol. The van der Waals surface area contributed by atoms with Gasteiger partial charge in [-0.05, 0) is 38.8 Å². The predicted molar refractivity (Wildman–Crippen MR) is 77.5 cm³/mol. The summed E-state index contributed by atoms with van der Waals surface area (Å²) in [6.45, 7) is 5.13. The molecule has 0 saturated carbocycles. The molecule has 0 aliphatic rings. The molecule has 3 N–H and O–H groups in total. The van der Waals surface area contributed by atoms with Crippen molar-refractivity contribution in [2.24, 2.45) is 5.73 Å². The molecule has 0 radical (unpaired) electrons. The van der Waals surface area contributed by atoms with Crippen LogP contribution in [0.5, 0.6) is 0 Å². The Hall–Kier alpha value is -1.59. The van der Waals surface area contributed by atoms with E-state index in [9.17, 15) is 9.59 Å². The fourth-order valence-corrected chi connectivity index (χ4v) is 1.70. The van der Waals surface area contributed by atoms with E-state index in [1.807, 2.05) is 0 Å². The molecule has 0 bridgehead atoms. The van der Waals surface area contributed by atoms with Crippen molar-refractivity contribution < 1.29 is 14.3 Å². The Bertz CT molecular complexity index is 497. The molecule has 6 heteroatoms. The Morgan fingerprint density at radius 3 is 2.50 bits per heavy atom. The highest BCUT2D eigenvalue weighted by Gasteiger charge is 2.22. The van der Waals surface area contributed by atoms with Gasteiger partial charge in [-0.1, -0.05) is 29.8 Å². The number of hydrogen-bond donors (Lipinski definition) is 2. The molecule has 5 nitrogen and oxygen atoms in total. The Labute approximate surface area is 123 Å². The van der Waals surface area contributed by atoms with Crippen LogP contribution in [0.3, 0.4) is 0 Å². The lowest BCUT2D eigenvalue weighted by atomic mass is 10.1. The topological polar surface area (TPSA) is 81.4 Å². The third-order valence-corrected chi connectivity index (χ3v) is 2.73. The number of alkyl carbamates (subject to hydrolysis) is 1. The van der Waals surface area contributed by atoms with Crippen LogP contribution in [0.25, 0.3) is 0 Å². The van der Waals surface area contributed by atoms with Gasteiger partial charge in [-0.2, -0.15) is 0 Å². The molecule has 1 aromatic rings. The largest absolute Gasteiger partial charge is 0.444 e. The lowest BCUT2D eigenvalue weighted by Crippen LogP contribution is -2.46. The fourth-order valence-electron chi connectivity index (χ4n) is 1.49. The second-order valence-electron chi connectivity index (χ2n) is 5.39. The minimum absolute atomic E-state index is 0.244. The SMILES string of the molecule is CC(C)(C)OC(=O)NC(=O)[C@@H](N)Cc1ccccc1Cl. The quantitative estimate of drug-likeness (QED) is 0.897. The molecule has 0 aliphatic heterocycles. The normalized spacial score (nSPS) is 12.7. The van der Waals surface area contributed by atoms with Crippen LogP contribution >= 0.6 is 11.6 Å². The standard InChI is InChI=1S/C14H19ClN2O3/c1-14(2,3)20-13(19)17-12(18)11(16)8-9-6-4-5-7-10(9)15/h4-7,11H,8,16H2,1-3H3,(H,17,18,19)/t11-/m0/s1. The number of carbonyl (C=O) groups is 2. The van der Waals surface area contributed by atoms with Crippen LogP contribution in [0.4, 0.5) is 4.79 Å². The molecule has 0 heterocycles. The molecule has 0 saturated heterocycles. The van der Waals surface area contributed by atoms with Gasteiger partial charge < -0.3 is 10.5 Å². The number of hydrogen-bond acceptors (Lipinski definition) is 4. The van der Waals surface area contributed by atoms with Crippen molar-refractivity contribution in [2.45, 2.75) is 38.8 Å². The van der Waals surface area contributed by atoms with E-state index < -0.39 is 23.6 Å². The summed E-state index contributed by atoms with van der Waals surface area (Å²) in [6, 6.07) is 6.22. The van der Waals surface area contributed by atoms with E-state index in [0.29, 0.717) is 5.02 Å². The molecule has 0 unspecified atom stereocenters. The zero-order chi connectivity index (χ0) is 15.3.